The van der Waals surface area contributed by atoms with Gasteiger partial charge in [-0.1, -0.05) is 19.1 Å². The van der Waals surface area contributed by atoms with Gasteiger partial charge in [-0.2, -0.15) is 0 Å². The summed E-state index contributed by atoms with van der Waals surface area (Å²) in [6.45, 7) is 4.13. The highest BCUT2D eigenvalue weighted by molar-refractivity contribution is 6.17. The molecule has 160 valence electrons. The number of rotatable bonds is 3. The summed E-state index contributed by atoms with van der Waals surface area (Å²) in [6.07, 6.45) is 4.06. The number of Topliss-reactive ketones (excluding diaryl/α,β-unsaturated/α-hetero) is 1. The van der Waals surface area contributed by atoms with Gasteiger partial charge in [-0.05, 0) is 67.5 Å². The molecule has 1 amide bonds. The summed E-state index contributed by atoms with van der Waals surface area (Å²) in [5.41, 5.74) is 2.25. The summed E-state index contributed by atoms with van der Waals surface area (Å²) in [7, 11) is 1.60. The Labute approximate surface area is 181 Å². The molecule has 31 heavy (non-hydrogen) atoms. The molecule has 1 fully saturated rings. The van der Waals surface area contributed by atoms with Crippen molar-refractivity contribution in [2.75, 3.05) is 12.0 Å². The number of amides is 1. The third-order valence-electron chi connectivity index (χ3n) is 6.67. The van der Waals surface area contributed by atoms with Crippen molar-refractivity contribution in [3.8, 4) is 5.75 Å². The van der Waals surface area contributed by atoms with Crippen molar-refractivity contribution >= 4 is 17.5 Å². The summed E-state index contributed by atoms with van der Waals surface area (Å²) in [6, 6.07) is 10.7. The van der Waals surface area contributed by atoms with Crippen LogP contribution in [-0.2, 0) is 14.3 Å². The standard InChI is InChI=1S/C25H26N2O4/c1-14-7-8-19-18(11-14)23(28)21-22(16-5-4-6-17(13-16)30-3)27(25(29)24(21)31-19)20-12-15(2)9-10-26-20/h4-6,9-10,12-14,18-19,22H,7-8,11H2,1-3H3. The fourth-order valence-electron chi connectivity index (χ4n) is 5.09. The molecule has 6 nitrogen and oxygen atoms in total. The van der Waals surface area contributed by atoms with E-state index in [0.717, 1.165) is 30.4 Å². The number of carbonyl (C=O) groups excluding carboxylic acids is 2. The summed E-state index contributed by atoms with van der Waals surface area (Å²) in [4.78, 5) is 33.4. The van der Waals surface area contributed by atoms with Crippen LogP contribution >= 0.6 is 0 Å². The third-order valence-corrected chi connectivity index (χ3v) is 6.67. The quantitative estimate of drug-likeness (QED) is 0.749. The summed E-state index contributed by atoms with van der Waals surface area (Å²) >= 11 is 0. The Morgan fingerprint density at radius 1 is 1.16 bits per heavy atom. The number of carbonyl (C=O) groups is 2. The highest BCUT2D eigenvalue weighted by Crippen LogP contribution is 2.48. The number of aromatic nitrogens is 1. The monoisotopic (exact) mass is 418 g/mol. The van der Waals surface area contributed by atoms with Crippen molar-refractivity contribution in [2.45, 2.75) is 45.3 Å². The summed E-state index contributed by atoms with van der Waals surface area (Å²) in [5, 5.41) is 0. The van der Waals surface area contributed by atoms with E-state index in [2.05, 4.69) is 11.9 Å². The van der Waals surface area contributed by atoms with Crippen LogP contribution in [0.25, 0.3) is 0 Å². The van der Waals surface area contributed by atoms with E-state index in [0.29, 0.717) is 23.1 Å². The van der Waals surface area contributed by atoms with Crippen LogP contribution in [0.15, 0.2) is 53.9 Å². The fourth-order valence-corrected chi connectivity index (χ4v) is 5.09. The normalized spacial score (nSPS) is 27.6. The van der Waals surface area contributed by atoms with E-state index < -0.39 is 6.04 Å². The number of aryl methyl sites for hydroxylation is 1. The van der Waals surface area contributed by atoms with Crippen LogP contribution in [0.2, 0.25) is 0 Å². The molecule has 4 unspecified atom stereocenters. The Morgan fingerprint density at radius 2 is 2.00 bits per heavy atom. The number of hydrogen-bond acceptors (Lipinski definition) is 5. The van der Waals surface area contributed by atoms with Crippen LogP contribution in [-0.4, -0.2) is 29.9 Å². The molecule has 3 heterocycles. The number of pyridine rings is 1. The van der Waals surface area contributed by atoms with Crippen molar-refractivity contribution in [1.82, 2.24) is 4.98 Å². The van der Waals surface area contributed by atoms with E-state index in [-0.39, 0.29) is 29.5 Å². The van der Waals surface area contributed by atoms with E-state index >= 15 is 0 Å². The molecule has 0 bridgehead atoms. The molecule has 0 N–H and O–H groups in total. The maximum Gasteiger partial charge on any atom is 0.295 e. The number of benzene rings is 1. The van der Waals surface area contributed by atoms with Gasteiger partial charge in [0.05, 0.1) is 24.6 Å². The first kappa shape index (κ1) is 19.8. The van der Waals surface area contributed by atoms with Gasteiger partial charge in [0.2, 0.25) is 0 Å². The summed E-state index contributed by atoms with van der Waals surface area (Å²) < 4.78 is 11.7. The largest absolute Gasteiger partial charge is 0.497 e. The minimum atomic E-state index is -0.586. The number of ether oxygens (including phenoxy) is 2. The van der Waals surface area contributed by atoms with Gasteiger partial charge in [0.25, 0.3) is 5.91 Å². The van der Waals surface area contributed by atoms with E-state index in [9.17, 15) is 9.59 Å². The average molecular weight is 418 g/mol. The molecule has 4 atom stereocenters. The SMILES string of the molecule is COc1cccc(C2C3=C(OC4CCC(C)CC4C3=O)C(=O)N2c2cc(C)ccn2)c1. The summed E-state index contributed by atoms with van der Waals surface area (Å²) in [5.74, 6) is 1.38. The molecular formula is C25H26N2O4. The maximum absolute atomic E-state index is 13.7. The Hall–Kier alpha value is -3.15. The molecule has 1 aromatic heterocycles. The lowest BCUT2D eigenvalue weighted by atomic mass is 9.74. The Morgan fingerprint density at radius 3 is 2.77 bits per heavy atom. The van der Waals surface area contributed by atoms with Crippen LogP contribution in [0.1, 0.15) is 43.4 Å². The van der Waals surface area contributed by atoms with E-state index in [1.54, 1.807) is 18.2 Å². The zero-order valence-corrected chi connectivity index (χ0v) is 18.0. The van der Waals surface area contributed by atoms with Crippen molar-refractivity contribution in [2.24, 2.45) is 11.8 Å². The molecule has 3 aliphatic rings. The number of hydrogen-bond donors (Lipinski definition) is 0. The maximum atomic E-state index is 13.7. The van der Waals surface area contributed by atoms with Crippen LogP contribution in [0.3, 0.4) is 0 Å². The van der Waals surface area contributed by atoms with E-state index in [1.807, 2.05) is 43.3 Å². The number of fused-ring (bicyclic) bond motifs is 1. The van der Waals surface area contributed by atoms with Crippen molar-refractivity contribution in [3.05, 3.63) is 65.1 Å². The molecule has 6 heteroatoms. The van der Waals surface area contributed by atoms with Gasteiger partial charge in [-0.25, -0.2) is 4.98 Å². The van der Waals surface area contributed by atoms with E-state index in [4.69, 9.17) is 9.47 Å². The Kier molecular flexibility index (Phi) is 4.80. The van der Waals surface area contributed by atoms with Gasteiger partial charge < -0.3 is 9.47 Å². The van der Waals surface area contributed by atoms with Crippen LogP contribution in [0, 0.1) is 18.8 Å². The van der Waals surface area contributed by atoms with Gasteiger partial charge in [-0.15, -0.1) is 0 Å². The Balaban J connectivity index is 1.66. The third kappa shape index (κ3) is 3.21. The zero-order chi connectivity index (χ0) is 21.7. The van der Waals surface area contributed by atoms with Gasteiger partial charge >= 0.3 is 0 Å². The molecule has 0 radical (unpaired) electrons. The van der Waals surface area contributed by atoms with Crippen molar-refractivity contribution in [1.29, 1.82) is 0 Å². The highest BCUT2D eigenvalue weighted by Gasteiger charge is 2.53. The molecule has 1 saturated carbocycles. The fraction of sp³-hybridized carbons (Fsp3) is 0.400. The first-order valence-corrected chi connectivity index (χ1v) is 10.8. The zero-order valence-electron chi connectivity index (χ0n) is 18.0. The van der Waals surface area contributed by atoms with Gasteiger partial charge in [-0.3, -0.25) is 14.5 Å². The predicted octanol–water partition coefficient (Wildman–Crippen LogP) is 4.14. The lowest BCUT2D eigenvalue weighted by Gasteiger charge is -2.37. The van der Waals surface area contributed by atoms with Gasteiger partial charge in [0.15, 0.2) is 11.5 Å². The molecule has 5 rings (SSSR count). The second kappa shape index (κ2) is 7.52. The first-order valence-electron chi connectivity index (χ1n) is 10.8. The number of nitrogens with zero attached hydrogens (tertiary/aromatic N) is 2. The smallest absolute Gasteiger partial charge is 0.295 e. The van der Waals surface area contributed by atoms with Crippen LogP contribution < -0.4 is 9.64 Å². The average Bonchev–Trinajstić information content (AvgIpc) is 3.07. The van der Waals surface area contributed by atoms with Crippen molar-refractivity contribution < 1.29 is 19.1 Å². The number of ketones is 1. The predicted molar refractivity (Wildman–Crippen MR) is 116 cm³/mol. The molecule has 2 aliphatic heterocycles. The highest BCUT2D eigenvalue weighted by atomic mass is 16.5. The molecule has 0 spiro atoms. The molecule has 1 aliphatic carbocycles. The number of anilines is 1. The molecule has 1 aromatic carbocycles. The first-order chi connectivity index (χ1) is 15.0. The molecule has 2 aromatic rings. The second-order valence-electron chi connectivity index (χ2n) is 8.83. The molecular weight excluding hydrogens is 392 g/mol. The van der Waals surface area contributed by atoms with Gasteiger partial charge in [0.1, 0.15) is 17.7 Å². The van der Waals surface area contributed by atoms with E-state index in [1.165, 1.54) is 0 Å². The minimum absolute atomic E-state index is 0.0362. The lowest BCUT2D eigenvalue weighted by Crippen LogP contribution is -2.41. The molecule has 0 saturated heterocycles. The van der Waals surface area contributed by atoms with Crippen LogP contribution in [0.5, 0.6) is 5.75 Å². The lowest BCUT2D eigenvalue weighted by molar-refractivity contribution is -0.132. The Bertz CT molecular complexity index is 1090. The minimum Gasteiger partial charge on any atom is -0.497 e. The van der Waals surface area contributed by atoms with Crippen LogP contribution in [0.4, 0.5) is 5.82 Å². The van der Waals surface area contributed by atoms with Gasteiger partial charge in [0, 0.05) is 6.20 Å². The van der Waals surface area contributed by atoms with Crippen molar-refractivity contribution in [3.63, 3.8) is 0 Å². The second-order valence-corrected chi connectivity index (χ2v) is 8.83. The number of methoxy groups -OCH3 is 1. The topological polar surface area (TPSA) is 68.7 Å².